The summed E-state index contributed by atoms with van der Waals surface area (Å²) in [5.74, 6) is -0.0683. The molecule has 1 aliphatic rings. The van der Waals surface area contributed by atoms with Crippen LogP contribution < -0.4 is 10.6 Å². The van der Waals surface area contributed by atoms with Gasteiger partial charge in [0.1, 0.15) is 13.4 Å². The van der Waals surface area contributed by atoms with Crippen molar-refractivity contribution in [3.63, 3.8) is 0 Å². The summed E-state index contributed by atoms with van der Waals surface area (Å²) < 4.78 is 13.8. The molecule has 0 aromatic heterocycles. The number of benzene rings is 2. The lowest BCUT2D eigenvalue weighted by Gasteiger charge is -2.39. The minimum atomic E-state index is -2.73. The fraction of sp³-hybridized carbons (Fsp3) is 0.235. The Morgan fingerprint density at radius 3 is 1.70 bits per heavy atom. The predicted octanol–water partition coefficient (Wildman–Crippen LogP) is 2.98. The Balaban J connectivity index is 2.14. The van der Waals surface area contributed by atoms with E-state index in [1.807, 2.05) is 60.7 Å². The third kappa shape index (κ3) is 2.05. The Morgan fingerprint density at radius 2 is 1.35 bits per heavy atom. The smallest absolute Gasteiger partial charge is 0.146 e. The van der Waals surface area contributed by atoms with Crippen molar-refractivity contribution >= 4 is 24.0 Å². The van der Waals surface area contributed by atoms with E-state index < -0.39 is 7.14 Å². The van der Waals surface area contributed by atoms with Crippen LogP contribution >= 0.6 is 7.14 Å². The lowest BCUT2D eigenvalue weighted by atomic mass is 9.86. The molecule has 0 aliphatic heterocycles. The average Bonchev–Trinajstić information content (AvgIpc) is 2.48. The molecular weight excluding hydrogens is 267 g/mol. The van der Waals surface area contributed by atoms with Crippen LogP contribution in [0.4, 0.5) is 0 Å². The van der Waals surface area contributed by atoms with Crippen molar-refractivity contribution in [1.29, 1.82) is 0 Å². The van der Waals surface area contributed by atoms with Crippen LogP contribution in [0.25, 0.3) is 0 Å². The van der Waals surface area contributed by atoms with Gasteiger partial charge in [0.15, 0.2) is 0 Å². The molecule has 1 aliphatic carbocycles. The lowest BCUT2D eigenvalue weighted by Crippen LogP contribution is -2.39. The van der Waals surface area contributed by atoms with Crippen LogP contribution in [0.15, 0.2) is 60.7 Å². The summed E-state index contributed by atoms with van der Waals surface area (Å²) in [4.78, 5) is 11.2. The van der Waals surface area contributed by atoms with E-state index in [2.05, 4.69) is 0 Å². The number of carbonyl (C=O) groups is 1. The second-order valence-corrected chi connectivity index (χ2v) is 8.29. The van der Waals surface area contributed by atoms with Gasteiger partial charge >= 0.3 is 0 Å². The van der Waals surface area contributed by atoms with Crippen molar-refractivity contribution in [2.45, 2.75) is 18.5 Å². The molecule has 3 heteroatoms. The van der Waals surface area contributed by atoms with Gasteiger partial charge in [0, 0.05) is 22.2 Å². The molecule has 0 saturated heterocycles. The molecule has 3 rings (SSSR count). The van der Waals surface area contributed by atoms with Crippen molar-refractivity contribution in [3.8, 4) is 0 Å². The molecule has 0 heterocycles. The van der Waals surface area contributed by atoms with Crippen LogP contribution in [0.2, 0.25) is 0 Å². The minimum Gasteiger partial charge on any atom is -0.313 e. The van der Waals surface area contributed by atoms with Crippen LogP contribution in [0.5, 0.6) is 0 Å². The van der Waals surface area contributed by atoms with E-state index in [1.54, 1.807) is 0 Å². The van der Waals surface area contributed by atoms with Crippen LogP contribution in [0.1, 0.15) is 12.8 Å². The standard InChI is InChI=1S/C17H17O2P/c18-13-14-11-12-17(14)20(19,15-7-3-1-4-8-15)16-9-5-2-6-10-16/h1-10,13-14,17H,11-12H2/t14-,17+/m0/s1. The van der Waals surface area contributed by atoms with E-state index in [0.717, 1.165) is 29.7 Å². The summed E-state index contributed by atoms with van der Waals surface area (Å²) in [6, 6.07) is 19.2. The summed E-state index contributed by atoms with van der Waals surface area (Å²) in [5, 5.41) is 1.73. The normalized spacial score (nSPS) is 22.0. The number of hydrogen-bond acceptors (Lipinski definition) is 2. The van der Waals surface area contributed by atoms with Gasteiger partial charge in [-0.25, -0.2) is 0 Å². The Labute approximate surface area is 119 Å². The van der Waals surface area contributed by atoms with Crippen molar-refractivity contribution in [3.05, 3.63) is 60.7 Å². The highest BCUT2D eigenvalue weighted by atomic mass is 31.2. The second kappa shape index (κ2) is 5.38. The highest BCUT2D eigenvalue weighted by molar-refractivity contribution is 7.79. The molecule has 0 spiro atoms. The molecule has 2 aromatic rings. The third-order valence-electron chi connectivity index (χ3n) is 4.21. The molecule has 20 heavy (non-hydrogen) atoms. The maximum absolute atomic E-state index is 13.8. The van der Waals surface area contributed by atoms with Gasteiger partial charge in [-0.15, -0.1) is 0 Å². The summed E-state index contributed by atoms with van der Waals surface area (Å²) in [5.41, 5.74) is -0.0372. The zero-order valence-corrected chi connectivity index (χ0v) is 12.1. The molecule has 1 fully saturated rings. The molecular formula is C17H17O2P. The Kier molecular flexibility index (Phi) is 3.58. The second-order valence-electron chi connectivity index (χ2n) is 5.27. The number of aldehydes is 1. The van der Waals surface area contributed by atoms with Crippen molar-refractivity contribution in [2.75, 3.05) is 0 Å². The van der Waals surface area contributed by atoms with E-state index in [4.69, 9.17) is 0 Å². The monoisotopic (exact) mass is 284 g/mol. The van der Waals surface area contributed by atoms with E-state index in [1.165, 1.54) is 0 Å². The van der Waals surface area contributed by atoms with Gasteiger partial charge in [-0.3, -0.25) is 0 Å². The topological polar surface area (TPSA) is 34.1 Å². The highest BCUT2D eigenvalue weighted by Gasteiger charge is 2.46. The number of rotatable bonds is 4. The maximum atomic E-state index is 13.8. The SMILES string of the molecule is O=C[C@@H]1CC[C@H]1P(=O)(c1ccccc1)c1ccccc1. The van der Waals surface area contributed by atoms with Gasteiger partial charge in [-0.1, -0.05) is 60.7 Å². The molecule has 0 N–H and O–H groups in total. The molecule has 0 radical (unpaired) electrons. The Morgan fingerprint density at radius 1 is 0.850 bits per heavy atom. The fourth-order valence-corrected chi connectivity index (χ4v) is 6.51. The molecule has 2 nitrogen and oxygen atoms in total. The van der Waals surface area contributed by atoms with Crippen LogP contribution in [-0.2, 0) is 9.36 Å². The largest absolute Gasteiger partial charge is 0.313 e. The predicted molar refractivity (Wildman–Crippen MR) is 82.3 cm³/mol. The molecule has 0 bridgehead atoms. The number of hydrogen-bond donors (Lipinski definition) is 0. The molecule has 102 valence electrons. The lowest BCUT2D eigenvalue weighted by molar-refractivity contribution is -0.112. The zero-order chi connectivity index (χ0) is 14.0. The van der Waals surface area contributed by atoms with E-state index >= 15 is 0 Å². The molecule has 1 saturated carbocycles. The van der Waals surface area contributed by atoms with E-state index in [0.29, 0.717) is 0 Å². The molecule has 0 amide bonds. The van der Waals surface area contributed by atoms with Crippen LogP contribution in [0.3, 0.4) is 0 Å². The molecule has 2 atom stereocenters. The Bertz CT molecular complexity index is 593. The maximum Gasteiger partial charge on any atom is 0.146 e. The first-order valence-electron chi connectivity index (χ1n) is 6.93. The molecule has 0 unspecified atom stereocenters. The summed E-state index contributed by atoms with van der Waals surface area (Å²) >= 11 is 0. The first kappa shape index (κ1) is 13.3. The molecule has 2 aromatic carbocycles. The fourth-order valence-electron chi connectivity index (χ4n) is 2.95. The first-order chi connectivity index (χ1) is 9.76. The van der Waals surface area contributed by atoms with Crippen molar-refractivity contribution < 1.29 is 9.36 Å². The highest BCUT2D eigenvalue weighted by Crippen LogP contribution is 2.57. The number of carbonyl (C=O) groups excluding carboxylic acids is 1. The summed E-state index contributed by atoms with van der Waals surface area (Å²) in [6.07, 6.45) is 2.70. The quantitative estimate of drug-likeness (QED) is 0.639. The van der Waals surface area contributed by atoms with Gasteiger partial charge in [0.25, 0.3) is 0 Å². The zero-order valence-electron chi connectivity index (χ0n) is 11.2. The van der Waals surface area contributed by atoms with Crippen molar-refractivity contribution in [2.24, 2.45) is 5.92 Å². The minimum absolute atomic E-state index is 0.0372. The van der Waals surface area contributed by atoms with Crippen LogP contribution in [-0.4, -0.2) is 11.9 Å². The van der Waals surface area contributed by atoms with Crippen molar-refractivity contribution in [1.82, 2.24) is 0 Å². The average molecular weight is 284 g/mol. The van der Waals surface area contributed by atoms with Gasteiger partial charge in [-0.05, 0) is 12.8 Å². The summed E-state index contributed by atoms with van der Waals surface area (Å²) in [7, 11) is -2.73. The summed E-state index contributed by atoms with van der Waals surface area (Å²) in [6.45, 7) is 0. The van der Waals surface area contributed by atoms with E-state index in [9.17, 15) is 9.36 Å². The van der Waals surface area contributed by atoms with Gasteiger partial charge in [-0.2, -0.15) is 0 Å². The van der Waals surface area contributed by atoms with E-state index in [-0.39, 0.29) is 11.6 Å². The first-order valence-corrected chi connectivity index (χ1v) is 8.70. The third-order valence-corrected chi connectivity index (χ3v) is 7.92. The van der Waals surface area contributed by atoms with Gasteiger partial charge < -0.3 is 9.36 Å². The Hall–Kier alpha value is -1.66. The van der Waals surface area contributed by atoms with Gasteiger partial charge in [0.05, 0.1) is 0 Å². The van der Waals surface area contributed by atoms with Crippen LogP contribution in [0, 0.1) is 5.92 Å². The van der Waals surface area contributed by atoms with Gasteiger partial charge in [0.2, 0.25) is 0 Å².